The van der Waals surface area contributed by atoms with E-state index in [9.17, 15) is 4.79 Å². The number of carbonyl (C=O) groups is 1. The number of hydrogen-bond donors (Lipinski definition) is 0. The smallest absolute Gasteiger partial charge is 0.139 e. The molecule has 0 aliphatic rings. The number of rotatable bonds is 5. The van der Waals surface area contributed by atoms with Gasteiger partial charge in [-0.1, -0.05) is 26.0 Å². The summed E-state index contributed by atoms with van der Waals surface area (Å²) in [5, 5.41) is 0. The van der Waals surface area contributed by atoms with Gasteiger partial charge in [-0.25, -0.2) is 0 Å². The summed E-state index contributed by atoms with van der Waals surface area (Å²) in [4.78, 5) is 11.5. The zero-order valence-corrected chi connectivity index (χ0v) is 9.62. The van der Waals surface area contributed by atoms with Gasteiger partial charge in [0.1, 0.15) is 11.5 Å². The van der Waals surface area contributed by atoms with E-state index in [0.717, 1.165) is 11.3 Å². The molecule has 0 aromatic heterocycles. The lowest BCUT2D eigenvalue weighted by Gasteiger charge is -2.06. The highest BCUT2D eigenvalue weighted by atomic mass is 16.5. The van der Waals surface area contributed by atoms with Gasteiger partial charge >= 0.3 is 0 Å². The Morgan fingerprint density at radius 1 is 1.27 bits per heavy atom. The highest BCUT2D eigenvalue weighted by Gasteiger charge is 2.07. The molecule has 0 saturated carbocycles. The fourth-order valence-corrected chi connectivity index (χ4v) is 1.28. The van der Waals surface area contributed by atoms with Crippen molar-refractivity contribution in [3.05, 3.63) is 29.8 Å². The number of Topliss-reactive ketones (excluding diaryl/α,β-unsaturated/α-hetero) is 1. The van der Waals surface area contributed by atoms with Gasteiger partial charge < -0.3 is 4.74 Å². The topological polar surface area (TPSA) is 26.3 Å². The van der Waals surface area contributed by atoms with Crippen LogP contribution in [0, 0.1) is 5.92 Å². The molecular weight excluding hydrogens is 188 g/mol. The number of ether oxygens (including phenoxy) is 1. The zero-order chi connectivity index (χ0) is 11.3. The molecule has 1 aromatic carbocycles. The van der Waals surface area contributed by atoms with Gasteiger partial charge in [0.25, 0.3) is 0 Å². The summed E-state index contributed by atoms with van der Waals surface area (Å²) >= 11 is 0. The third-order valence-corrected chi connectivity index (χ3v) is 2.26. The van der Waals surface area contributed by atoms with E-state index in [1.807, 2.05) is 45.0 Å². The molecule has 0 spiro atoms. The molecule has 0 atom stereocenters. The van der Waals surface area contributed by atoms with Crippen molar-refractivity contribution in [3.63, 3.8) is 0 Å². The predicted molar refractivity (Wildman–Crippen MR) is 61.2 cm³/mol. The molecule has 1 aromatic rings. The maximum atomic E-state index is 11.5. The fourth-order valence-electron chi connectivity index (χ4n) is 1.28. The Labute approximate surface area is 91.3 Å². The van der Waals surface area contributed by atoms with Crippen molar-refractivity contribution in [2.45, 2.75) is 27.2 Å². The van der Waals surface area contributed by atoms with Gasteiger partial charge in [0.15, 0.2) is 0 Å². The van der Waals surface area contributed by atoms with Crippen LogP contribution in [0.5, 0.6) is 5.75 Å². The van der Waals surface area contributed by atoms with E-state index in [1.165, 1.54) is 0 Å². The van der Waals surface area contributed by atoms with Gasteiger partial charge in [-0.15, -0.1) is 0 Å². The number of benzene rings is 1. The van der Waals surface area contributed by atoms with Crippen LogP contribution in [0.15, 0.2) is 24.3 Å². The molecule has 0 unspecified atom stereocenters. The lowest BCUT2D eigenvalue weighted by atomic mass is 10.0. The van der Waals surface area contributed by atoms with Crippen molar-refractivity contribution in [2.24, 2.45) is 5.92 Å². The van der Waals surface area contributed by atoms with Gasteiger partial charge in [0, 0.05) is 12.3 Å². The largest absolute Gasteiger partial charge is 0.494 e. The summed E-state index contributed by atoms with van der Waals surface area (Å²) in [6.07, 6.45) is 0.518. The predicted octanol–water partition coefficient (Wildman–Crippen LogP) is 2.85. The van der Waals surface area contributed by atoms with Gasteiger partial charge in [0.05, 0.1) is 6.61 Å². The third-order valence-electron chi connectivity index (χ3n) is 2.26. The Kier molecular flexibility index (Phi) is 4.35. The third kappa shape index (κ3) is 3.74. The summed E-state index contributed by atoms with van der Waals surface area (Å²) < 4.78 is 5.33. The van der Waals surface area contributed by atoms with Crippen molar-refractivity contribution >= 4 is 5.78 Å². The minimum atomic E-state index is 0.108. The fraction of sp³-hybridized carbons (Fsp3) is 0.462. The molecule has 0 saturated heterocycles. The molecule has 2 heteroatoms. The maximum Gasteiger partial charge on any atom is 0.139 e. The quantitative estimate of drug-likeness (QED) is 0.740. The van der Waals surface area contributed by atoms with Crippen LogP contribution in [0.1, 0.15) is 26.3 Å². The first-order chi connectivity index (χ1) is 7.13. The van der Waals surface area contributed by atoms with Crippen LogP contribution in [0.3, 0.4) is 0 Å². The van der Waals surface area contributed by atoms with Crippen molar-refractivity contribution in [2.75, 3.05) is 6.61 Å². The molecule has 15 heavy (non-hydrogen) atoms. The molecular formula is C13H18O2. The Morgan fingerprint density at radius 3 is 2.33 bits per heavy atom. The standard InChI is InChI=1S/C13H18O2/c1-4-15-12-7-5-11(6-8-12)9-13(14)10(2)3/h5-8,10H,4,9H2,1-3H3. The maximum absolute atomic E-state index is 11.5. The minimum absolute atomic E-state index is 0.108. The van der Waals surface area contributed by atoms with Gasteiger partial charge in [-0.05, 0) is 24.6 Å². The Hall–Kier alpha value is -1.31. The molecule has 0 bridgehead atoms. The van der Waals surface area contributed by atoms with Crippen LogP contribution in [-0.2, 0) is 11.2 Å². The van der Waals surface area contributed by atoms with Gasteiger partial charge in [0.2, 0.25) is 0 Å². The molecule has 0 amide bonds. The number of ketones is 1. The molecule has 0 aliphatic heterocycles. The van der Waals surface area contributed by atoms with Crippen LogP contribution >= 0.6 is 0 Å². The van der Waals surface area contributed by atoms with Crippen LogP contribution < -0.4 is 4.74 Å². The summed E-state index contributed by atoms with van der Waals surface area (Å²) in [6.45, 7) is 6.48. The van der Waals surface area contributed by atoms with E-state index in [-0.39, 0.29) is 11.7 Å². The molecule has 0 fully saturated rings. The van der Waals surface area contributed by atoms with E-state index in [0.29, 0.717) is 13.0 Å². The van der Waals surface area contributed by atoms with Crippen LogP contribution in [-0.4, -0.2) is 12.4 Å². The first-order valence-corrected chi connectivity index (χ1v) is 5.38. The summed E-state index contributed by atoms with van der Waals surface area (Å²) in [5.41, 5.74) is 1.05. The van der Waals surface area contributed by atoms with Crippen molar-refractivity contribution in [3.8, 4) is 5.75 Å². The number of hydrogen-bond acceptors (Lipinski definition) is 2. The Morgan fingerprint density at radius 2 is 1.87 bits per heavy atom. The second-order valence-electron chi connectivity index (χ2n) is 3.87. The van der Waals surface area contributed by atoms with Gasteiger partial charge in [-0.2, -0.15) is 0 Å². The van der Waals surface area contributed by atoms with E-state index >= 15 is 0 Å². The lowest BCUT2D eigenvalue weighted by molar-refractivity contribution is -0.121. The average Bonchev–Trinajstić information content (AvgIpc) is 2.21. The second-order valence-corrected chi connectivity index (χ2v) is 3.87. The van der Waals surface area contributed by atoms with Crippen LogP contribution in [0.2, 0.25) is 0 Å². The lowest BCUT2D eigenvalue weighted by Crippen LogP contribution is -2.09. The van der Waals surface area contributed by atoms with Crippen molar-refractivity contribution in [1.29, 1.82) is 0 Å². The second kappa shape index (κ2) is 5.54. The highest BCUT2D eigenvalue weighted by Crippen LogP contribution is 2.13. The Balaban J connectivity index is 2.60. The molecule has 2 nitrogen and oxygen atoms in total. The van der Waals surface area contributed by atoms with Crippen molar-refractivity contribution in [1.82, 2.24) is 0 Å². The van der Waals surface area contributed by atoms with E-state index < -0.39 is 0 Å². The molecule has 1 rings (SSSR count). The average molecular weight is 206 g/mol. The molecule has 0 N–H and O–H groups in total. The highest BCUT2D eigenvalue weighted by molar-refractivity contribution is 5.82. The normalized spacial score (nSPS) is 10.4. The van der Waals surface area contributed by atoms with Gasteiger partial charge in [-0.3, -0.25) is 4.79 Å². The SMILES string of the molecule is CCOc1ccc(CC(=O)C(C)C)cc1. The van der Waals surface area contributed by atoms with E-state index in [2.05, 4.69) is 0 Å². The van der Waals surface area contributed by atoms with E-state index in [1.54, 1.807) is 0 Å². The monoisotopic (exact) mass is 206 g/mol. The zero-order valence-electron chi connectivity index (χ0n) is 9.62. The van der Waals surface area contributed by atoms with Crippen molar-refractivity contribution < 1.29 is 9.53 Å². The summed E-state index contributed by atoms with van der Waals surface area (Å²) in [5.74, 6) is 1.24. The Bertz CT molecular complexity index is 312. The summed E-state index contributed by atoms with van der Waals surface area (Å²) in [7, 11) is 0. The first-order valence-electron chi connectivity index (χ1n) is 5.38. The van der Waals surface area contributed by atoms with Crippen LogP contribution in [0.25, 0.3) is 0 Å². The summed E-state index contributed by atoms with van der Waals surface area (Å²) in [6, 6.07) is 7.72. The molecule has 0 aliphatic carbocycles. The first kappa shape index (κ1) is 11.8. The minimum Gasteiger partial charge on any atom is -0.494 e. The van der Waals surface area contributed by atoms with E-state index in [4.69, 9.17) is 4.74 Å². The molecule has 82 valence electrons. The van der Waals surface area contributed by atoms with Crippen LogP contribution in [0.4, 0.5) is 0 Å². The number of carbonyl (C=O) groups excluding carboxylic acids is 1. The molecule has 0 heterocycles. The molecule has 0 radical (unpaired) electrons.